The molecule has 0 atom stereocenters. The molecule has 0 spiro atoms. The van der Waals surface area contributed by atoms with Crippen molar-refractivity contribution in [2.75, 3.05) is 23.3 Å². The first-order chi connectivity index (χ1) is 13.7. The van der Waals surface area contributed by atoms with Crippen molar-refractivity contribution < 1.29 is 4.79 Å². The second-order valence-electron chi connectivity index (χ2n) is 6.87. The van der Waals surface area contributed by atoms with Crippen LogP contribution in [0.5, 0.6) is 0 Å². The van der Waals surface area contributed by atoms with Crippen molar-refractivity contribution in [1.29, 1.82) is 0 Å². The van der Waals surface area contributed by atoms with Gasteiger partial charge in [0.05, 0.1) is 33.5 Å². The molecule has 0 aliphatic carbocycles. The first kappa shape index (κ1) is 16.5. The van der Waals surface area contributed by atoms with Crippen molar-refractivity contribution in [2.45, 2.75) is 12.8 Å². The van der Waals surface area contributed by atoms with Crippen molar-refractivity contribution in [3.63, 3.8) is 0 Å². The van der Waals surface area contributed by atoms with Gasteiger partial charge in [0.15, 0.2) is 0 Å². The summed E-state index contributed by atoms with van der Waals surface area (Å²) in [5, 5.41) is 3.01. The number of anilines is 2. The summed E-state index contributed by atoms with van der Waals surface area (Å²) in [5.74, 6) is -0.260. The Morgan fingerprint density at radius 3 is 2.61 bits per heavy atom. The van der Waals surface area contributed by atoms with Gasteiger partial charge < -0.3 is 20.2 Å². The van der Waals surface area contributed by atoms with E-state index in [9.17, 15) is 9.59 Å². The van der Waals surface area contributed by atoms with Crippen molar-refractivity contribution in [2.24, 2.45) is 0 Å². The predicted octanol–water partition coefficient (Wildman–Crippen LogP) is 2.65. The van der Waals surface area contributed by atoms with Gasteiger partial charge in [-0.05, 0) is 37.1 Å². The Kier molecular flexibility index (Phi) is 3.82. The molecule has 2 aromatic carbocycles. The minimum atomic E-state index is -0.268. The SMILES string of the molecule is O=C(Nc1cc2[nH]c(=O)[nH]c2cc1N1CCCC1)c1cccc2nccnc12. The van der Waals surface area contributed by atoms with Gasteiger partial charge in [0, 0.05) is 25.5 Å². The standard InChI is InChI=1S/C20H18N6O2/c27-19(12-4-3-5-13-18(12)22-7-6-21-13)23-16-10-14-15(25-20(28)24-14)11-17(16)26-8-1-2-9-26/h3-7,10-11H,1-2,8-9H2,(H,23,27)(H2,24,25,28). The van der Waals surface area contributed by atoms with Crippen LogP contribution in [0.1, 0.15) is 23.2 Å². The fraction of sp³-hybridized carbons (Fsp3) is 0.200. The first-order valence-electron chi connectivity index (χ1n) is 9.21. The zero-order valence-corrected chi connectivity index (χ0v) is 15.0. The van der Waals surface area contributed by atoms with E-state index >= 15 is 0 Å². The number of aromatic amines is 2. The quantitative estimate of drug-likeness (QED) is 0.511. The van der Waals surface area contributed by atoms with Crippen LogP contribution in [0, 0.1) is 0 Å². The van der Waals surface area contributed by atoms with Crippen LogP contribution in [0.2, 0.25) is 0 Å². The predicted molar refractivity (Wildman–Crippen MR) is 108 cm³/mol. The number of H-pyrrole nitrogens is 2. The topological polar surface area (TPSA) is 107 Å². The van der Waals surface area contributed by atoms with Crippen LogP contribution in [-0.2, 0) is 0 Å². The third kappa shape index (κ3) is 2.79. The average Bonchev–Trinajstić information content (AvgIpc) is 3.35. The lowest BCUT2D eigenvalue weighted by molar-refractivity contribution is 0.102. The molecule has 0 unspecified atom stereocenters. The van der Waals surface area contributed by atoms with Gasteiger partial charge >= 0.3 is 5.69 Å². The lowest BCUT2D eigenvalue weighted by atomic mass is 10.1. The Balaban J connectivity index is 1.59. The van der Waals surface area contributed by atoms with E-state index in [0.717, 1.165) is 37.1 Å². The molecule has 140 valence electrons. The maximum atomic E-state index is 13.1. The number of hydrogen-bond donors (Lipinski definition) is 3. The molecule has 1 aliphatic rings. The number of amides is 1. The van der Waals surface area contributed by atoms with E-state index in [1.54, 1.807) is 30.6 Å². The van der Waals surface area contributed by atoms with Crippen LogP contribution in [0.25, 0.3) is 22.1 Å². The molecule has 0 bridgehead atoms. The molecule has 0 radical (unpaired) electrons. The number of carbonyl (C=O) groups is 1. The summed E-state index contributed by atoms with van der Waals surface area (Å²) in [6.45, 7) is 1.84. The van der Waals surface area contributed by atoms with Gasteiger partial charge in [-0.15, -0.1) is 0 Å². The molecule has 1 aliphatic heterocycles. The fourth-order valence-electron chi connectivity index (χ4n) is 3.76. The van der Waals surface area contributed by atoms with E-state index < -0.39 is 0 Å². The lowest BCUT2D eigenvalue weighted by Gasteiger charge is -2.22. The van der Waals surface area contributed by atoms with E-state index in [1.807, 2.05) is 12.1 Å². The number of nitrogens with zero attached hydrogens (tertiary/aromatic N) is 3. The monoisotopic (exact) mass is 374 g/mol. The molecule has 2 aromatic heterocycles. The van der Waals surface area contributed by atoms with Gasteiger partial charge in [0.2, 0.25) is 0 Å². The average molecular weight is 374 g/mol. The first-order valence-corrected chi connectivity index (χ1v) is 9.21. The number of imidazole rings is 1. The number of aromatic nitrogens is 4. The summed E-state index contributed by atoms with van der Waals surface area (Å²) in [6.07, 6.45) is 5.39. The van der Waals surface area contributed by atoms with Crippen LogP contribution in [0.3, 0.4) is 0 Å². The molecule has 1 saturated heterocycles. The summed E-state index contributed by atoms with van der Waals surface area (Å²) in [7, 11) is 0. The second kappa shape index (κ2) is 6.49. The third-order valence-electron chi connectivity index (χ3n) is 5.07. The Bertz CT molecular complexity index is 1250. The number of rotatable bonds is 3. The summed E-state index contributed by atoms with van der Waals surface area (Å²) in [4.78, 5) is 41.1. The molecular formula is C20H18N6O2. The number of carbonyl (C=O) groups excluding carboxylic acids is 1. The number of hydrogen-bond acceptors (Lipinski definition) is 5. The lowest BCUT2D eigenvalue weighted by Crippen LogP contribution is -2.21. The van der Waals surface area contributed by atoms with E-state index in [4.69, 9.17) is 0 Å². The molecule has 5 rings (SSSR count). The number of fused-ring (bicyclic) bond motifs is 2. The Morgan fingerprint density at radius 2 is 1.79 bits per heavy atom. The second-order valence-corrected chi connectivity index (χ2v) is 6.87. The number of benzene rings is 2. The van der Waals surface area contributed by atoms with Gasteiger partial charge in [0.25, 0.3) is 5.91 Å². The minimum Gasteiger partial charge on any atom is -0.370 e. The van der Waals surface area contributed by atoms with Gasteiger partial charge in [-0.25, -0.2) is 4.79 Å². The Labute approximate surface area is 159 Å². The van der Waals surface area contributed by atoms with E-state index in [1.165, 1.54) is 0 Å². The molecule has 8 heteroatoms. The van der Waals surface area contributed by atoms with Crippen molar-refractivity contribution >= 4 is 39.3 Å². The normalized spacial score (nSPS) is 14.1. The summed E-state index contributed by atoms with van der Waals surface area (Å²) < 4.78 is 0. The van der Waals surface area contributed by atoms with Gasteiger partial charge in [-0.2, -0.15) is 0 Å². The molecule has 0 saturated carbocycles. The maximum absolute atomic E-state index is 13.1. The summed E-state index contributed by atoms with van der Waals surface area (Å²) in [6, 6.07) is 9.07. The summed E-state index contributed by atoms with van der Waals surface area (Å²) in [5.41, 5.74) is 4.36. The molecule has 8 nitrogen and oxygen atoms in total. The van der Waals surface area contributed by atoms with Crippen LogP contribution < -0.4 is 15.9 Å². The highest BCUT2D eigenvalue weighted by Crippen LogP contribution is 2.32. The number of nitrogens with one attached hydrogen (secondary N) is 3. The molecule has 1 fully saturated rings. The summed E-state index contributed by atoms with van der Waals surface area (Å²) >= 11 is 0. The molecule has 28 heavy (non-hydrogen) atoms. The highest BCUT2D eigenvalue weighted by Gasteiger charge is 2.20. The van der Waals surface area contributed by atoms with Crippen molar-refractivity contribution in [3.05, 3.63) is 58.8 Å². The zero-order chi connectivity index (χ0) is 19.1. The molecular weight excluding hydrogens is 356 g/mol. The van der Waals surface area contributed by atoms with Crippen molar-refractivity contribution in [1.82, 2.24) is 19.9 Å². The van der Waals surface area contributed by atoms with Gasteiger partial charge in [-0.1, -0.05) is 6.07 Å². The largest absolute Gasteiger partial charge is 0.370 e. The molecule has 1 amide bonds. The van der Waals surface area contributed by atoms with E-state index in [0.29, 0.717) is 27.8 Å². The third-order valence-corrected chi connectivity index (χ3v) is 5.07. The minimum absolute atomic E-state index is 0.260. The fourth-order valence-corrected chi connectivity index (χ4v) is 3.76. The maximum Gasteiger partial charge on any atom is 0.323 e. The molecule has 4 aromatic rings. The van der Waals surface area contributed by atoms with E-state index in [-0.39, 0.29) is 11.6 Å². The van der Waals surface area contributed by atoms with Gasteiger partial charge in [-0.3, -0.25) is 14.8 Å². The zero-order valence-electron chi connectivity index (χ0n) is 15.0. The van der Waals surface area contributed by atoms with E-state index in [2.05, 4.69) is 30.2 Å². The molecule has 3 N–H and O–H groups in total. The van der Waals surface area contributed by atoms with Crippen LogP contribution >= 0.6 is 0 Å². The van der Waals surface area contributed by atoms with Crippen molar-refractivity contribution in [3.8, 4) is 0 Å². The van der Waals surface area contributed by atoms with Crippen LogP contribution in [0.15, 0.2) is 47.5 Å². The van der Waals surface area contributed by atoms with Crippen LogP contribution in [0.4, 0.5) is 11.4 Å². The molecule has 3 heterocycles. The van der Waals surface area contributed by atoms with Crippen LogP contribution in [-0.4, -0.2) is 38.9 Å². The van der Waals surface area contributed by atoms with Gasteiger partial charge in [0.1, 0.15) is 5.52 Å². The Morgan fingerprint density at radius 1 is 1.04 bits per heavy atom. The highest BCUT2D eigenvalue weighted by molar-refractivity contribution is 6.13. The number of para-hydroxylation sites is 1. The highest BCUT2D eigenvalue weighted by atomic mass is 16.2. The Hall–Kier alpha value is -3.68. The smallest absolute Gasteiger partial charge is 0.323 e.